The third kappa shape index (κ3) is 5.24. The van der Waals surface area contributed by atoms with Gasteiger partial charge < -0.3 is 41.2 Å². The Kier molecular flexibility index (Phi) is 7.10. The van der Waals surface area contributed by atoms with E-state index < -0.39 is 56.7 Å². The van der Waals surface area contributed by atoms with Crippen molar-refractivity contribution in [2.45, 2.75) is 37.0 Å². The molecule has 4 rings (SSSR count). The summed E-state index contributed by atoms with van der Waals surface area (Å²) in [6.45, 7) is -0.736. The molecule has 0 amide bonds. The smallest absolute Gasteiger partial charge is 0.504 e. The molecule has 2 aromatic heterocycles. The first-order valence-electron chi connectivity index (χ1n) is 10.4. The molecule has 0 aliphatic carbocycles. The number of phosphoric acid groups is 1. The van der Waals surface area contributed by atoms with Crippen LogP contribution in [0.3, 0.4) is 0 Å². The molecular formula is C19H23N6O10P. The predicted molar refractivity (Wildman–Crippen MR) is 119 cm³/mol. The molecule has 1 aromatic carbocycles. The lowest BCUT2D eigenvalue weighted by atomic mass is 10.1. The molecule has 1 fully saturated rings. The number of hydrogen-bond acceptors (Lipinski definition) is 14. The Labute approximate surface area is 202 Å². The van der Waals surface area contributed by atoms with Gasteiger partial charge in [-0.3, -0.25) is 14.0 Å². The highest BCUT2D eigenvalue weighted by atomic mass is 31.2. The molecule has 36 heavy (non-hydrogen) atoms. The Hall–Kier alpha value is -3.37. The van der Waals surface area contributed by atoms with Gasteiger partial charge in [0.2, 0.25) is 0 Å². The summed E-state index contributed by atoms with van der Waals surface area (Å²) in [6, 6.07) is 2.34. The van der Waals surface area contributed by atoms with Crippen LogP contribution in [0.25, 0.3) is 11.2 Å². The minimum atomic E-state index is -5.00. The summed E-state index contributed by atoms with van der Waals surface area (Å²) in [6.07, 6.45) is -3.27. The molecule has 17 heteroatoms. The highest BCUT2D eigenvalue weighted by Gasteiger charge is 2.45. The van der Waals surface area contributed by atoms with Crippen LogP contribution < -0.4 is 11.5 Å². The van der Waals surface area contributed by atoms with Crippen molar-refractivity contribution in [2.75, 3.05) is 12.3 Å². The number of anilines is 1. The molecule has 0 spiro atoms. The second-order valence-electron chi connectivity index (χ2n) is 7.94. The summed E-state index contributed by atoms with van der Waals surface area (Å²) in [7, 11) is -5.00. The molecule has 16 nitrogen and oxygen atoms in total. The maximum atomic E-state index is 12.3. The number of hydrogen-bond donors (Lipinski definition) is 7. The van der Waals surface area contributed by atoms with Gasteiger partial charge in [-0.2, -0.15) is 0 Å². The van der Waals surface area contributed by atoms with Gasteiger partial charge in [0.25, 0.3) is 0 Å². The zero-order valence-electron chi connectivity index (χ0n) is 18.4. The Morgan fingerprint density at radius 3 is 2.67 bits per heavy atom. The number of nitrogens with zero attached hydrogens (tertiary/aromatic N) is 4. The molecular weight excluding hydrogens is 503 g/mol. The van der Waals surface area contributed by atoms with Crippen LogP contribution in [0.2, 0.25) is 0 Å². The van der Waals surface area contributed by atoms with Crippen molar-refractivity contribution in [1.82, 2.24) is 19.5 Å². The number of benzene rings is 1. The van der Waals surface area contributed by atoms with Crippen LogP contribution in [0.15, 0.2) is 30.9 Å². The average molecular weight is 526 g/mol. The van der Waals surface area contributed by atoms with E-state index in [1.807, 2.05) is 0 Å². The molecule has 1 saturated heterocycles. The number of rotatable bonds is 8. The summed E-state index contributed by atoms with van der Waals surface area (Å²) < 4.78 is 28.4. The van der Waals surface area contributed by atoms with E-state index in [1.54, 1.807) is 0 Å². The number of carbonyl (C=O) groups excluding carboxylic acids is 1. The average Bonchev–Trinajstić information content (AvgIpc) is 3.37. The summed E-state index contributed by atoms with van der Waals surface area (Å²) in [5, 5.41) is 39.6. The highest BCUT2D eigenvalue weighted by Crippen LogP contribution is 2.45. The lowest BCUT2D eigenvalue weighted by Crippen LogP contribution is -2.35. The summed E-state index contributed by atoms with van der Waals surface area (Å²) in [5.74, 6) is -1.98. The molecule has 1 unspecified atom stereocenters. The fourth-order valence-electron chi connectivity index (χ4n) is 3.56. The van der Waals surface area contributed by atoms with Crippen molar-refractivity contribution >= 4 is 30.8 Å². The number of phenolic OH excluding ortho intramolecular Hbond substituents is 2. The van der Waals surface area contributed by atoms with Crippen LogP contribution in [-0.2, 0) is 29.6 Å². The molecule has 3 aromatic rings. The maximum Gasteiger partial charge on any atom is 0.529 e. The van der Waals surface area contributed by atoms with Crippen LogP contribution in [0.4, 0.5) is 5.82 Å². The number of aromatic hydroxyl groups is 2. The van der Waals surface area contributed by atoms with E-state index in [2.05, 4.69) is 19.5 Å². The molecule has 6 atom stereocenters. The second-order valence-corrected chi connectivity index (χ2v) is 9.32. The molecule has 1 aliphatic heterocycles. The minimum absolute atomic E-state index is 0.0927. The summed E-state index contributed by atoms with van der Waals surface area (Å²) in [4.78, 5) is 34.0. The van der Waals surface area contributed by atoms with Crippen LogP contribution in [0.1, 0.15) is 11.8 Å². The third-order valence-electron chi connectivity index (χ3n) is 5.40. The Balaban J connectivity index is 1.35. The van der Waals surface area contributed by atoms with E-state index in [1.165, 1.54) is 35.4 Å². The normalized spacial score (nSPS) is 24.4. The van der Waals surface area contributed by atoms with Gasteiger partial charge in [0.05, 0.1) is 12.9 Å². The van der Waals surface area contributed by atoms with E-state index in [0.29, 0.717) is 5.56 Å². The van der Waals surface area contributed by atoms with E-state index >= 15 is 0 Å². The number of carbonyl (C=O) groups is 1. The van der Waals surface area contributed by atoms with Crippen LogP contribution in [0.5, 0.6) is 11.5 Å². The zero-order chi connectivity index (χ0) is 26.2. The minimum Gasteiger partial charge on any atom is -0.504 e. The first kappa shape index (κ1) is 25.7. The van der Waals surface area contributed by atoms with Gasteiger partial charge >= 0.3 is 13.8 Å². The Morgan fingerprint density at radius 2 is 1.94 bits per heavy atom. The molecule has 0 radical (unpaired) electrons. The number of aliphatic hydroxyl groups excluding tert-OH is 2. The van der Waals surface area contributed by atoms with Gasteiger partial charge in [0.1, 0.15) is 36.2 Å². The SMILES string of the molecule is Nc1ncnc2c1ncn2[C@@H]1O[C@H](COP(=O)(O)OC(=O)[C@@H](N)Cc2ccc(O)c(O)c2)[C@@H](O)[C@H]1O. The van der Waals surface area contributed by atoms with Gasteiger partial charge in [0, 0.05) is 0 Å². The zero-order valence-corrected chi connectivity index (χ0v) is 19.3. The van der Waals surface area contributed by atoms with Crippen LogP contribution in [0, 0.1) is 0 Å². The number of nitrogen functional groups attached to an aromatic ring is 1. The number of ether oxygens (including phenoxy) is 1. The van der Waals surface area contributed by atoms with Crippen molar-refractivity contribution in [3.63, 3.8) is 0 Å². The number of phosphoric ester groups is 1. The fourth-order valence-corrected chi connectivity index (χ4v) is 4.31. The molecule has 0 bridgehead atoms. The molecule has 194 valence electrons. The fraction of sp³-hybridized carbons (Fsp3) is 0.368. The first-order chi connectivity index (χ1) is 17.0. The van der Waals surface area contributed by atoms with E-state index in [4.69, 9.17) is 20.7 Å². The number of imidazole rings is 1. The lowest BCUT2D eigenvalue weighted by molar-refractivity contribution is -0.137. The summed E-state index contributed by atoms with van der Waals surface area (Å²) >= 11 is 0. The largest absolute Gasteiger partial charge is 0.529 e. The summed E-state index contributed by atoms with van der Waals surface area (Å²) in [5.41, 5.74) is 12.3. The van der Waals surface area contributed by atoms with Crippen molar-refractivity contribution in [3.8, 4) is 11.5 Å². The Bertz CT molecular complexity index is 1320. The van der Waals surface area contributed by atoms with Crippen molar-refractivity contribution in [3.05, 3.63) is 36.4 Å². The van der Waals surface area contributed by atoms with Crippen LogP contribution in [-0.4, -0.2) is 81.8 Å². The molecule has 0 saturated carbocycles. The number of phenols is 2. The van der Waals surface area contributed by atoms with Gasteiger partial charge in [-0.25, -0.2) is 24.3 Å². The van der Waals surface area contributed by atoms with E-state index in [9.17, 15) is 34.7 Å². The molecule has 3 heterocycles. The standard InChI is InChI=1S/C19H23N6O10P/c20-9(3-8-1-2-10(26)11(27)4-8)19(30)35-36(31,32)33-5-12-14(28)15(29)18(34-12)25-7-24-13-16(21)22-6-23-17(13)25/h1-2,4,6-7,9,12,14-15,18,26-29H,3,5,20H2,(H,31,32)(H2,21,22,23)/t9-,12+,14+,15+,18+/m0/s1. The first-order valence-corrected chi connectivity index (χ1v) is 11.9. The predicted octanol–water partition coefficient (Wildman–Crippen LogP) is -1.33. The number of nitrogens with two attached hydrogens (primary N) is 2. The number of aliphatic hydroxyl groups is 2. The number of fused-ring (bicyclic) bond motifs is 1. The maximum absolute atomic E-state index is 12.3. The highest BCUT2D eigenvalue weighted by molar-refractivity contribution is 7.48. The monoisotopic (exact) mass is 526 g/mol. The molecule has 9 N–H and O–H groups in total. The van der Waals surface area contributed by atoms with E-state index in [-0.39, 0.29) is 29.2 Å². The van der Waals surface area contributed by atoms with Crippen LogP contribution >= 0.6 is 7.82 Å². The van der Waals surface area contributed by atoms with Gasteiger partial charge in [-0.05, 0) is 24.1 Å². The topological polar surface area (TPSA) is 259 Å². The van der Waals surface area contributed by atoms with Crippen molar-refractivity contribution in [2.24, 2.45) is 5.73 Å². The number of aromatic nitrogens is 4. The lowest BCUT2D eigenvalue weighted by Gasteiger charge is -2.18. The Morgan fingerprint density at radius 1 is 1.19 bits per heavy atom. The van der Waals surface area contributed by atoms with Crippen molar-refractivity contribution in [1.29, 1.82) is 0 Å². The van der Waals surface area contributed by atoms with Gasteiger partial charge in [0.15, 0.2) is 29.2 Å². The molecule has 1 aliphatic rings. The van der Waals surface area contributed by atoms with Gasteiger partial charge in [-0.15, -0.1) is 0 Å². The second kappa shape index (κ2) is 9.94. The van der Waals surface area contributed by atoms with E-state index in [0.717, 1.165) is 0 Å². The third-order valence-corrected chi connectivity index (χ3v) is 6.29. The van der Waals surface area contributed by atoms with Crippen molar-refractivity contribution < 1.29 is 48.5 Å². The van der Waals surface area contributed by atoms with Gasteiger partial charge in [-0.1, -0.05) is 6.07 Å². The quantitative estimate of drug-likeness (QED) is 0.132.